The molecular formula is C15H32N2O. The van der Waals surface area contributed by atoms with E-state index in [9.17, 15) is 0 Å². The van der Waals surface area contributed by atoms with Gasteiger partial charge in [0, 0.05) is 19.1 Å². The molecule has 1 aliphatic rings. The van der Waals surface area contributed by atoms with E-state index in [1.807, 2.05) is 0 Å². The SMILES string of the molecule is CCCNCCCC(C)N1CC(C)OC(C)(C)C1. The van der Waals surface area contributed by atoms with Crippen molar-refractivity contribution in [2.24, 2.45) is 0 Å². The maximum atomic E-state index is 5.96. The summed E-state index contributed by atoms with van der Waals surface area (Å²) in [6, 6.07) is 0.666. The van der Waals surface area contributed by atoms with Crippen molar-refractivity contribution in [2.45, 2.75) is 71.6 Å². The molecule has 3 heteroatoms. The zero-order valence-electron chi connectivity index (χ0n) is 13.0. The first-order valence-corrected chi connectivity index (χ1v) is 7.57. The van der Waals surface area contributed by atoms with Crippen LogP contribution < -0.4 is 5.32 Å². The number of nitrogens with zero attached hydrogens (tertiary/aromatic N) is 1. The van der Waals surface area contributed by atoms with Gasteiger partial charge in [-0.05, 0) is 60.0 Å². The van der Waals surface area contributed by atoms with E-state index in [2.05, 4.69) is 44.8 Å². The van der Waals surface area contributed by atoms with Crippen LogP contribution in [0.1, 0.15) is 53.9 Å². The van der Waals surface area contributed by atoms with Gasteiger partial charge in [0.25, 0.3) is 0 Å². The van der Waals surface area contributed by atoms with Crippen LogP contribution in [0, 0.1) is 0 Å². The lowest BCUT2D eigenvalue weighted by molar-refractivity contribution is -0.137. The van der Waals surface area contributed by atoms with Crippen molar-refractivity contribution >= 4 is 0 Å². The Hall–Kier alpha value is -0.120. The lowest BCUT2D eigenvalue weighted by Gasteiger charge is -2.44. The first-order valence-electron chi connectivity index (χ1n) is 7.57. The summed E-state index contributed by atoms with van der Waals surface area (Å²) in [4.78, 5) is 2.59. The minimum atomic E-state index is 0.00634. The predicted molar refractivity (Wildman–Crippen MR) is 78.1 cm³/mol. The number of nitrogens with one attached hydrogen (secondary N) is 1. The largest absolute Gasteiger partial charge is 0.370 e. The molecule has 1 fully saturated rings. The summed E-state index contributed by atoms with van der Waals surface area (Å²) in [5.74, 6) is 0. The van der Waals surface area contributed by atoms with Gasteiger partial charge in [-0.3, -0.25) is 4.90 Å². The van der Waals surface area contributed by atoms with Crippen LogP contribution in [0.25, 0.3) is 0 Å². The molecule has 3 nitrogen and oxygen atoms in total. The van der Waals surface area contributed by atoms with Crippen molar-refractivity contribution in [1.82, 2.24) is 10.2 Å². The zero-order valence-corrected chi connectivity index (χ0v) is 13.0. The Bertz CT molecular complexity index is 231. The molecular weight excluding hydrogens is 224 g/mol. The highest BCUT2D eigenvalue weighted by Crippen LogP contribution is 2.23. The Morgan fingerprint density at radius 3 is 2.72 bits per heavy atom. The maximum absolute atomic E-state index is 5.96. The normalized spacial score (nSPS) is 26.2. The number of ether oxygens (including phenoxy) is 1. The summed E-state index contributed by atoms with van der Waals surface area (Å²) in [5.41, 5.74) is 0.00634. The molecule has 0 aromatic carbocycles. The van der Waals surface area contributed by atoms with Crippen LogP contribution in [0.3, 0.4) is 0 Å². The summed E-state index contributed by atoms with van der Waals surface area (Å²) in [5, 5.41) is 3.48. The Labute approximate surface area is 113 Å². The monoisotopic (exact) mass is 256 g/mol. The van der Waals surface area contributed by atoms with E-state index in [1.165, 1.54) is 19.3 Å². The molecule has 108 valence electrons. The Morgan fingerprint density at radius 1 is 1.39 bits per heavy atom. The molecule has 1 saturated heterocycles. The second-order valence-electron chi connectivity index (χ2n) is 6.36. The highest BCUT2D eigenvalue weighted by molar-refractivity contribution is 4.85. The maximum Gasteiger partial charge on any atom is 0.0757 e. The van der Waals surface area contributed by atoms with Crippen LogP contribution in [0.15, 0.2) is 0 Å². The van der Waals surface area contributed by atoms with E-state index < -0.39 is 0 Å². The van der Waals surface area contributed by atoms with Gasteiger partial charge >= 0.3 is 0 Å². The third-order valence-electron chi connectivity index (χ3n) is 3.62. The highest BCUT2D eigenvalue weighted by atomic mass is 16.5. The smallest absolute Gasteiger partial charge is 0.0757 e. The van der Waals surface area contributed by atoms with Crippen LogP contribution in [0.2, 0.25) is 0 Å². The van der Waals surface area contributed by atoms with Gasteiger partial charge in [0.2, 0.25) is 0 Å². The van der Waals surface area contributed by atoms with Crippen molar-refractivity contribution in [3.8, 4) is 0 Å². The quantitative estimate of drug-likeness (QED) is 0.709. The summed E-state index contributed by atoms with van der Waals surface area (Å²) in [7, 11) is 0. The topological polar surface area (TPSA) is 24.5 Å². The molecule has 0 amide bonds. The minimum absolute atomic E-state index is 0.00634. The highest BCUT2D eigenvalue weighted by Gasteiger charge is 2.32. The van der Waals surface area contributed by atoms with Crippen LogP contribution >= 0.6 is 0 Å². The van der Waals surface area contributed by atoms with Crippen LogP contribution in [0.4, 0.5) is 0 Å². The van der Waals surface area contributed by atoms with Crippen molar-refractivity contribution in [2.75, 3.05) is 26.2 Å². The Morgan fingerprint density at radius 2 is 2.11 bits per heavy atom. The van der Waals surface area contributed by atoms with E-state index in [-0.39, 0.29) is 5.60 Å². The van der Waals surface area contributed by atoms with E-state index in [0.717, 1.165) is 26.2 Å². The fourth-order valence-electron chi connectivity index (χ4n) is 2.85. The fourth-order valence-corrected chi connectivity index (χ4v) is 2.85. The molecule has 1 N–H and O–H groups in total. The molecule has 0 radical (unpaired) electrons. The molecule has 0 aromatic rings. The van der Waals surface area contributed by atoms with Gasteiger partial charge in [-0.25, -0.2) is 0 Å². The van der Waals surface area contributed by atoms with E-state index in [0.29, 0.717) is 12.1 Å². The number of hydrogen-bond donors (Lipinski definition) is 1. The molecule has 0 aromatic heterocycles. The van der Waals surface area contributed by atoms with Gasteiger partial charge in [0.05, 0.1) is 11.7 Å². The van der Waals surface area contributed by atoms with Crippen molar-refractivity contribution in [3.63, 3.8) is 0 Å². The zero-order chi connectivity index (χ0) is 13.6. The number of morpholine rings is 1. The van der Waals surface area contributed by atoms with Crippen LogP contribution in [-0.2, 0) is 4.74 Å². The van der Waals surface area contributed by atoms with Gasteiger partial charge < -0.3 is 10.1 Å². The van der Waals surface area contributed by atoms with Crippen LogP contribution in [0.5, 0.6) is 0 Å². The second-order valence-corrected chi connectivity index (χ2v) is 6.36. The van der Waals surface area contributed by atoms with E-state index in [4.69, 9.17) is 4.74 Å². The summed E-state index contributed by atoms with van der Waals surface area (Å²) < 4.78 is 5.96. The number of rotatable bonds is 7. The van der Waals surface area contributed by atoms with Gasteiger partial charge in [0.15, 0.2) is 0 Å². The third-order valence-corrected chi connectivity index (χ3v) is 3.62. The average molecular weight is 256 g/mol. The molecule has 18 heavy (non-hydrogen) atoms. The molecule has 2 atom stereocenters. The molecule has 1 rings (SSSR count). The molecule has 0 bridgehead atoms. The van der Waals surface area contributed by atoms with E-state index >= 15 is 0 Å². The molecule has 0 saturated carbocycles. The first kappa shape index (κ1) is 15.9. The van der Waals surface area contributed by atoms with Crippen molar-refractivity contribution in [3.05, 3.63) is 0 Å². The fraction of sp³-hybridized carbons (Fsp3) is 1.00. The summed E-state index contributed by atoms with van der Waals surface area (Å²) in [6.45, 7) is 15.6. The predicted octanol–water partition coefficient (Wildman–Crippen LogP) is 2.65. The van der Waals surface area contributed by atoms with E-state index in [1.54, 1.807) is 0 Å². The molecule has 0 spiro atoms. The Kier molecular flexibility index (Phi) is 6.61. The molecule has 1 aliphatic heterocycles. The van der Waals surface area contributed by atoms with Gasteiger partial charge in [-0.1, -0.05) is 6.92 Å². The van der Waals surface area contributed by atoms with Gasteiger partial charge in [-0.15, -0.1) is 0 Å². The summed E-state index contributed by atoms with van der Waals surface area (Å²) >= 11 is 0. The van der Waals surface area contributed by atoms with Crippen molar-refractivity contribution in [1.29, 1.82) is 0 Å². The third kappa shape index (κ3) is 5.68. The first-order chi connectivity index (χ1) is 8.44. The molecule has 2 unspecified atom stereocenters. The van der Waals surface area contributed by atoms with Crippen LogP contribution in [-0.4, -0.2) is 48.8 Å². The van der Waals surface area contributed by atoms with Crippen molar-refractivity contribution < 1.29 is 4.74 Å². The minimum Gasteiger partial charge on any atom is -0.370 e. The van der Waals surface area contributed by atoms with Gasteiger partial charge in [0.1, 0.15) is 0 Å². The van der Waals surface area contributed by atoms with Gasteiger partial charge in [-0.2, -0.15) is 0 Å². The Balaban J connectivity index is 2.26. The summed E-state index contributed by atoms with van der Waals surface area (Å²) in [6.07, 6.45) is 4.13. The lowest BCUT2D eigenvalue weighted by atomic mass is 10.0. The lowest BCUT2D eigenvalue weighted by Crippen LogP contribution is -2.54. The second kappa shape index (κ2) is 7.46. The standard InChI is InChI=1S/C15H32N2O/c1-6-9-16-10-7-8-13(2)17-11-14(3)18-15(4,5)12-17/h13-14,16H,6-12H2,1-5H3. The average Bonchev–Trinajstić information content (AvgIpc) is 2.25. The molecule has 0 aliphatic carbocycles. The number of hydrogen-bond acceptors (Lipinski definition) is 3. The molecule has 1 heterocycles.